The van der Waals surface area contributed by atoms with Gasteiger partial charge >= 0.3 is 0 Å². The van der Waals surface area contributed by atoms with E-state index in [1.54, 1.807) is 5.56 Å². The maximum absolute atomic E-state index is 2.49. The van der Waals surface area contributed by atoms with E-state index >= 15 is 0 Å². The summed E-state index contributed by atoms with van der Waals surface area (Å²) in [5, 5.41) is 0. The van der Waals surface area contributed by atoms with Gasteiger partial charge < -0.3 is 0 Å². The van der Waals surface area contributed by atoms with Gasteiger partial charge in [0.15, 0.2) is 0 Å². The molecule has 14 heavy (non-hydrogen) atoms. The predicted molar refractivity (Wildman–Crippen MR) is 65.5 cm³/mol. The lowest BCUT2D eigenvalue weighted by Crippen LogP contribution is -2.24. The second-order valence-corrected chi connectivity index (χ2v) is 11.3. The molecule has 1 aliphatic carbocycles. The van der Waals surface area contributed by atoms with Gasteiger partial charge in [0.2, 0.25) is 0 Å². The zero-order valence-electron chi connectivity index (χ0n) is 9.67. The summed E-state index contributed by atoms with van der Waals surface area (Å²) in [6.45, 7) is 9.91. The summed E-state index contributed by atoms with van der Waals surface area (Å²) in [6.07, 6.45) is 1.41. The molecule has 2 atom stereocenters. The molecule has 0 radical (unpaired) electrons. The van der Waals surface area contributed by atoms with E-state index < -0.39 is 8.07 Å². The standard InChI is InChI=1S/C13H20Si/c1-13(10-12(13)14(2,3)4)11-8-6-5-7-9-11/h5-9,12H,10H2,1-4H3. The van der Waals surface area contributed by atoms with E-state index in [1.807, 2.05) is 0 Å². The van der Waals surface area contributed by atoms with Crippen molar-refractivity contribution in [3.8, 4) is 0 Å². The van der Waals surface area contributed by atoms with Crippen molar-refractivity contribution >= 4 is 8.07 Å². The highest BCUT2D eigenvalue weighted by molar-refractivity contribution is 6.78. The predicted octanol–water partition coefficient (Wildman–Crippen LogP) is 4.06. The Morgan fingerprint density at radius 1 is 1.14 bits per heavy atom. The third kappa shape index (κ3) is 1.54. The van der Waals surface area contributed by atoms with Crippen molar-refractivity contribution in [1.82, 2.24) is 0 Å². The van der Waals surface area contributed by atoms with Gasteiger partial charge in [0, 0.05) is 8.07 Å². The molecule has 2 rings (SSSR count). The van der Waals surface area contributed by atoms with Gasteiger partial charge in [-0.05, 0) is 22.9 Å². The molecular weight excluding hydrogens is 184 g/mol. The fraction of sp³-hybridized carbons (Fsp3) is 0.538. The molecule has 0 aliphatic heterocycles. The molecule has 1 aromatic carbocycles. The van der Waals surface area contributed by atoms with Gasteiger partial charge in [-0.15, -0.1) is 0 Å². The topological polar surface area (TPSA) is 0 Å². The Kier molecular flexibility index (Phi) is 2.11. The number of hydrogen-bond donors (Lipinski definition) is 0. The van der Waals surface area contributed by atoms with E-state index in [0.29, 0.717) is 5.41 Å². The van der Waals surface area contributed by atoms with Crippen molar-refractivity contribution < 1.29 is 0 Å². The molecule has 1 fully saturated rings. The van der Waals surface area contributed by atoms with Crippen LogP contribution in [0.4, 0.5) is 0 Å². The quantitative estimate of drug-likeness (QED) is 0.637. The van der Waals surface area contributed by atoms with E-state index in [1.165, 1.54) is 6.42 Å². The summed E-state index contributed by atoms with van der Waals surface area (Å²) < 4.78 is 0. The number of rotatable bonds is 2. The lowest BCUT2D eigenvalue weighted by Gasteiger charge is -2.20. The number of benzene rings is 1. The minimum absolute atomic E-state index is 0.506. The molecule has 0 aromatic heterocycles. The van der Waals surface area contributed by atoms with Gasteiger partial charge in [-0.1, -0.05) is 56.9 Å². The van der Waals surface area contributed by atoms with Crippen LogP contribution in [0.1, 0.15) is 18.9 Å². The Hall–Kier alpha value is -0.563. The zero-order chi connectivity index (χ0) is 10.4. The molecule has 0 amide bonds. The Morgan fingerprint density at radius 3 is 2.14 bits per heavy atom. The molecule has 1 heteroatoms. The second-order valence-electron chi connectivity index (χ2n) is 5.91. The van der Waals surface area contributed by atoms with Gasteiger partial charge in [-0.2, -0.15) is 0 Å². The Bertz CT molecular complexity index is 323. The highest BCUT2D eigenvalue weighted by atomic mass is 28.3. The fourth-order valence-electron chi connectivity index (χ4n) is 2.76. The lowest BCUT2D eigenvalue weighted by molar-refractivity contribution is 0.780. The third-order valence-corrected chi connectivity index (χ3v) is 6.65. The molecule has 0 heterocycles. The molecular formula is C13H20Si. The van der Waals surface area contributed by atoms with Crippen molar-refractivity contribution in [3.63, 3.8) is 0 Å². The molecule has 0 bridgehead atoms. The first-order valence-electron chi connectivity index (χ1n) is 5.50. The van der Waals surface area contributed by atoms with E-state index in [-0.39, 0.29) is 0 Å². The molecule has 1 saturated carbocycles. The largest absolute Gasteiger partial charge is 0.0693 e. The average molecular weight is 204 g/mol. The minimum atomic E-state index is -0.942. The van der Waals surface area contributed by atoms with Gasteiger partial charge in [0.05, 0.1) is 0 Å². The normalized spacial score (nSPS) is 31.6. The summed E-state index contributed by atoms with van der Waals surface area (Å²) in [4.78, 5) is 0. The van der Waals surface area contributed by atoms with Crippen LogP contribution in [0.25, 0.3) is 0 Å². The van der Waals surface area contributed by atoms with Gasteiger partial charge in [0.25, 0.3) is 0 Å². The van der Waals surface area contributed by atoms with Crippen LogP contribution in [-0.4, -0.2) is 8.07 Å². The summed E-state index contributed by atoms with van der Waals surface area (Å²) >= 11 is 0. The molecule has 2 unspecified atom stereocenters. The molecule has 1 aromatic rings. The van der Waals surface area contributed by atoms with Crippen molar-refractivity contribution in [3.05, 3.63) is 35.9 Å². The Morgan fingerprint density at radius 2 is 1.71 bits per heavy atom. The highest BCUT2D eigenvalue weighted by Crippen LogP contribution is 2.63. The maximum Gasteiger partial charge on any atom is 0.0483 e. The van der Waals surface area contributed by atoms with Crippen LogP contribution in [0.2, 0.25) is 25.2 Å². The van der Waals surface area contributed by atoms with Crippen molar-refractivity contribution in [1.29, 1.82) is 0 Å². The van der Waals surface area contributed by atoms with Crippen molar-refractivity contribution in [2.75, 3.05) is 0 Å². The molecule has 0 N–H and O–H groups in total. The van der Waals surface area contributed by atoms with Gasteiger partial charge in [-0.3, -0.25) is 0 Å². The number of hydrogen-bond acceptors (Lipinski definition) is 0. The first-order chi connectivity index (χ1) is 6.44. The van der Waals surface area contributed by atoms with E-state index in [9.17, 15) is 0 Å². The van der Waals surface area contributed by atoms with Crippen LogP contribution < -0.4 is 0 Å². The Balaban J connectivity index is 2.23. The summed E-state index contributed by atoms with van der Waals surface area (Å²) in [5.41, 5.74) is 3.04. The van der Waals surface area contributed by atoms with Crippen LogP contribution in [0.15, 0.2) is 30.3 Å². The van der Waals surface area contributed by atoms with E-state index in [4.69, 9.17) is 0 Å². The molecule has 0 nitrogen and oxygen atoms in total. The van der Waals surface area contributed by atoms with Crippen LogP contribution >= 0.6 is 0 Å². The Labute approximate surface area is 88.4 Å². The smallest absolute Gasteiger partial charge is 0.0483 e. The first kappa shape index (κ1) is 9.97. The lowest BCUT2D eigenvalue weighted by atomic mass is 9.99. The molecule has 0 spiro atoms. The average Bonchev–Trinajstić information content (AvgIpc) is 2.81. The SMILES string of the molecule is CC1(c2ccccc2)CC1[Si](C)(C)C. The van der Waals surface area contributed by atoms with Crippen LogP contribution in [-0.2, 0) is 5.41 Å². The van der Waals surface area contributed by atoms with E-state index in [0.717, 1.165) is 5.54 Å². The highest BCUT2D eigenvalue weighted by Gasteiger charge is 2.56. The summed E-state index contributed by atoms with van der Waals surface area (Å²) in [5.74, 6) is 0. The minimum Gasteiger partial charge on any atom is -0.0693 e. The molecule has 1 aliphatic rings. The monoisotopic (exact) mass is 204 g/mol. The van der Waals surface area contributed by atoms with Gasteiger partial charge in [-0.25, -0.2) is 0 Å². The zero-order valence-corrected chi connectivity index (χ0v) is 10.7. The van der Waals surface area contributed by atoms with Crippen molar-refractivity contribution in [2.24, 2.45) is 0 Å². The molecule has 0 saturated heterocycles. The van der Waals surface area contributed by atoms with Crippen molar-refractivity contribution in [2.45, 2.75) is 43.9 Å². The molecule has 76 valence electrons. The van der Waals surface area contributed by atoms with Crippen LogP contribution in [0.3, 0.4) is 0 Å². The third-order valence-electron chi connectivity index (χ3n) is 3.72. The first-order valence-corrected chi connectivity index (χ1v) is 9.08. The summed E-state index contributed by atoms with van der Waals surface area (Å²) in [6, 6.07) is 11.0. The van der Waals surface area contributed by atoms with Crippen LogP contribution in [0.5, 0.6) is 0 Å². The maximum atomic E-state index is 2.49. The van der Waals surface area contributed by atoms with Crippen LogP contribution in [0, 0.1) is 0 Å². The van der Waals surface area contributed by atoms with Gasteiger partial charge in [0.1, 0.15) is 0 Å². The summed E-state index contributed by atoms with van der Waals surface area (Å²) in [7, 11) is -0.942. The second kappa shape index (κ2) is 2.96. The van der Waals surface area contributed by atoms with E-state index in [2.05, 4.69) is 56.9 Å². The fourth-order valence-corrected chi connectivity index (χ4v) is 5.88.